The van der Waals surface area contributed by atoms with E-state index < -0.39 is 0 Å². The summed E-state index contributed by atoms with van der Waals surface area (Å²) in [6.45, 7) is 9.35. The number of likely N-dealkylation sites (tertiary alicyclic amines) is 1. The summed E-state index contributed by atoms with van der Waals surface area (Å²) in [6.07, 6.45) is 5.29. The molecule has 0 spiro atoms. The molecule has 3 nitrogen and oxygen atoms in total. The molecular formula is C15H30IN3. The topological polar surface area (TPSA) is 27.6 Å². The van der Waals surface area contributed by atoms with Crippen LogP contribution in [-0.2, 0) is 0 Å². The van der Waals surface area contributed by atoms with Crippen LogP contribution in [-0.4, -0.2) is 37.0 Å². The second kappa shape index (κ2) is 7.70. The van der Waals surface area contributed by atoms with Crippen LogP contribution in [0.3, 0.4) is 0 Å². The molecule has 0 bridgehead atoms. The molecule has 1 N–H and O–H groups in total. The molecule has 1 saturated carbocycles. The maximum atomic E-state index is 4.46. The van der Waals surface area contributed by atoms with E-state index in [-0.39, 0.29) is 24.0 Å². The van der Waals surface area contributed by atoms with Gasteiger partial charge in [0.2, 0.25) is 0 Å². The molecule has 2 fully saturated rings. The van der Waals surface area contributed by atoms with Gasteiger partial charge in [0.25, 0.3) is 0 Å². The van der Waals surface area contributed by atoms with Gasteiger partial charge in [-0.15, -0.1) is 24.0 Å². The molecule has 0 aromatic carbocycles. The fourth-order valence-electron chi connectivity index (χ4n) is 3.31. The lowest BCUT2D eigenvalue weighted by Crippen LogP contribution is -2.41. The van der Waals surface area contributed by atoms with E-state index in [1.807, 2.05) is 7.05 Å². The number of rotatable bonds is 4. The van der Waals surface area contributed by atoms with Crippen molar-refractivity contribution in [2.24, 2.45) is 22.7 Å². The standard InChI is InChI=1S/C15H29N3.HI/c1-5-12(6-2)13-7-8-18(10-13)15(16-4)17-14-9-11(14)3;/h11-14H,5-10H2,1-4H3,(H,16,17);1H. The summed E-state index contributed by atoms with van der Waals surface area (Å²) in [5.41, 5.74) is 0. The Kier molecular flexibility index (Phi) is 6.91. The third kappa shape index (κ3) is 4.23. The molecule has 1 saturated heterocycles. The number of nitrogens with zero attached hydrogens (tertiary/aromatic N) is 2. The largest absolute Gasteiger partial charge is 0.353 e. The van der Waals surface area contributed by atoms with E-state index in [0.29, 0.717) is 6.04 Å². The number of hydrogen-bond acceptors (Lipinski definition) is 1. The Labute approximate surface area is 135 Å². The van der Waals surface area contributed by atoms with E-state index in [2.05, 4.69) is 36.0 Å². The Morgan fingerprint density at radius 1 is 1.37 bits per heavy atom. The fourth-order valence-corrected chi connectivity index (χ4v) is 3.31. The van der Waals surface area contributed by atoms with Gasteiger partial charge in [0, 0.05) is 26.2 Å². The van der Waals surface area contributed by atoms with E-state index in [9.17, 15) is 0 Å². The lowest BCUT2D eigenvalue weighted by molar-refractivity contribution is 0.319. The first-order chi connectivity index (χ1) is 8.69. The van der Waals surface area contributed by atoms with E-state index in [1.54, 1.807) is 0 Å². The molecule has 2 aliphatic rings. The van der Waals surface area contributed by atoms with Gasteiger partial charge in [-0.05, 0) is 30.6 Å². The molecule has 2 rings (SSSR count). The van der Waals surface area contributed by atoms with Crippen LogP contribution < -0.4 is 5.32 Å². The van der Waals surface area contributed by atoms with Crippen LogP contribution in [0, 0.1) is 17.8 Å². The van der Waals surface area contributed by atoms with Crippen molar-refractivity contribution >= 4 is 29.9 Å². The highest BCUT2D eigenvalue weighted by molar-refractivity contribution is 14.0. The van der Waals surface area contributed by atoms with Crippen molar-refractivity contribution in [2.45, 2.75) is 52.5 Å². The highest BCUT2D eigenvalue weighted by Crippen LogP contribution is 2.31. The third-order valence-corrected chi connectivity index (χ3v) is 4.88. The van der Waals surface area contributed by atoms with Crippen LogP contribution >= 0.6 is 24.0 Å². The first-order valence-electron chi connectivity index (χ1n) is 7.67. The lowest BCUT2D eigenvalue weighted by Gasteiger charge is -2.24. The number of halogens is 1. The number of hydrogen-bond donors (Lipinski definition) is 1. The molecule has 1 heterocycles. The van der Waals surface area contributed by atoms with Crippen molar-refractivity contribution in [3.05, 3.63) is 0 Å². The van der Waals surface area contributed by atoms with Gasteiger partial charge < -0.3 is 10.2 Å². The second-order valence-electron chi connectivity index (χ2n) is 6.08. The number of nitrogens with one attached hydrogen (secondary N) is 1. The van der Waals surface area contributed by atoms with Crippen molar-refractivity contribution in [3.63, 3.8) is 0 Å². The highest BCUT2D eigenvalue weighted by atomic mass is 127. The zero-order valence-corrected chi connectivity index (χ0v) is 15.2. The molecule has 112 valence electrons. The van der Waals surface area contributed by atoms with Crippen molar-refractivity contribution in [1.82, 2.24) is 10.2 Å². The van der Waals surface area contributed by atoms with Gasteiger partial charge in [-0.25, -0.2) is 0 Å². The Bertz CT molecular complexity index is 302. The summed E-state index contributed by atoms with van der Waals surface area (Å²) < 4.78 is 0. The summed E-state index contributed by atoms with van der Waals surface area (Å²) in [6, 6.07) is 0.677. The predicted octanol–water partition coefficient (Wildman–Crippen LogP) is 3.35. The summed E-state index contributed by atoms with van der Waals surface area (Å²) in [4.78, 5) is 6.93. The van der Waals surface area contributed by atoms with E-state index in [1.165, 1.54) is 38.8 Å². The molecule has 0 aromatic heterocycles. The SMILES string of the molecule is CCC(CC)C1CCN(C(=NC)NC2CC2C)C1.I. The lowest BCUT2D eigenvalue weighted by atomic mass is 9.87. The zero-order valence-electron chi connectivity index (χ0n) is 12.9. The third-order valence-electron chi connectivity index (χ3n) is 4.88. The molecule has 4 heteroatoms. The Balaban J connectivity index is 0.00000180. The van der Waals surface area contributed by atoms with Gasteiger partial charge in [-0.1, -0.05) is 33.6 Å². The smallest absolute Gasteiger partial charge is 0.193 e. The average molecular weight is 379 g/mol. The van der Waals surface area contributed by atoms with Crippen molar-refractivity contribution in [2.75, 3.05) is 20.1 Å². The summed E-state index contributed by atoms with van der Waals surface area (Å²) in [5.74, 6) is 3.74. The molecule has 19 heavy (non-hydrogen) atoms. The van der Waals surface area contributed by atoms with Gasteiger partial charge in [0.15, 0.2) is 5.96 Å². The van der Waals surface area contributed by atoms with E-state index in [0.717, 1.165) is 23.7 Å². The molecule has 3 unspecified atom stereocenters. The minimum Gasteiger partial charge on any atom is -0.353 e. The fraction of sp³-hybridized carbons (Fsp3) is 0.933. The van der Waals surface area contributed by atoms with Crippen LogP contribution in [0.2, 0.25) is 0 Å². The quantitative estimate of drug-likeness (QED) is 0.461. The maximum Gasteiger partial charge on any atom is 0.193 e. The van der Waals surface area contributed by atoms with Crippen molar-refractivity contribution in [3.8, 4) is 0 Å². The van der Waals surface area contributed by atoms with E-state index >= 15 is 0 Å². The first-order valence-corrected chi connectivity index (χ1v) is 7.67. The Morgan fingerprint density at radius 3 is 2.47 bits per heavy atom. The highest BCUT2D eigenvalue weighted by Gasteiger charge is 2.36. The predicted molar refractivity (Wildman–Crippen MR) is 93.2 cm³/mol. The summed E-state index contributed by atoms with van der Waals surface area (Å²) in [7, 11) is 1.92. The monoisotopic (exact) mass is 379 g/mol. The van der Waals surface area contributed by atoms with Crippen LogP contribution in [0.5, 0.6) is 0 Å². The Hall–Kier alpha value is 0. The molecule has 0 amide bonds. The van der Waals surface area contributed by atoms with Gasteiger partial charge >= 0.3 is 0 Å². The van der Waals surface area contributed by atoms with E-state index in [4.69, 9.17) is 0 Å². The average Bonchev–Trinajstić information content (AvgIpc) is 2.88. The van der Waals surface area contributed by atoms with Crippen LogP contribution in [0.4, 0.5) is 0 Å². The molecule has 0 aromatic rings. The van der Waals surface area contributed by atoms with Crippen molar-refractivity contribution in [1.29, 1.82) is 0 Å². The van der Waals surface area contributed by atoms with Crippen molar-refractivity contribution < 1.29 is 0 Å². The molecule has 0 radical (unpaired) electrons. The molecule has 1 aliphatic carbocycles. The number of guanidine groups is 1. The Morgan fingerprint density at radius 2 is 2.00 bits per heavy atom. The maximum absolute atomic E-state index is 4.46. The minimum absolute atomic E-state index is 0. The van der Waals surface area contributed by atoms with Crippen LogP contribution in [0.25, 0.3) is 0 Å². The summed E-state index contributed by atoms with van der Waals surface area (Å²) in [5, 5.41) is 3.60. The van der Waals surface area contributed by atoms with Crippen LogP contribution in [0.15, 0.2) is 4.99 Å². The van der Waals surface area contributed by atoms with Crippen LogP contribution in [0.1, 0.15) is 46.5 Å². The van der Waals surface area contributed by atoms with Gasteiger partial charge in [-0.2, -0.15) is 0 Å². The van der Waals surface area contributed by atoms with Gasteiger partial charge in [0.1, 0.15) is 0 Å². The summed E-state index contributed by atoms with van der Waals surface area (Å²) >= 11 is 0. The molecule has 1 aliphatic heterocycles. The van der Waals surface area contributed by atoms with Gasteiger partial charge in [-0.3, -0.25) is 4.99 Å². The first kappa shape index (κ1) is 17.1. The molecular weight excluding hydrogens is 349 g/mol. The number of aliphatic imine (C=N–C) groups is 1. The zero-order chi connectivity index (χ0) is 13.1. The second-order valence-corrected chi connectivity index (χ2v) is 6.08. The minimum atomic E-state index is 0. The molecule has 3 atom stereocenters. The normalized spacial score (nSPS) is 30.5. The van der Waals surface area contributed by atoms with Gasteiger partial charge in [0.05, 0.1) is 0 Å².